The summed E-state index contributed by atoms with van der Waals surface area (Å²) in [5, 5.41) is 4.29. The molecule has 1 saturated heterocycles. The van der Waals surface area contributed by atoms with Crippen molar-refractivity contribution < 1.29 is 0 Å². The Bertz CT molecular complexity index is 336. The molecule has 1 nitrogen and oxygen atoms in total. The van der Waals surface area contributed by atoms with Crippen molar-refractivity contribution in [2.75, 3.05) is 25.1 Å². The fourth-order valence-electron chi connectivity index (χ4n) is 2.12. The van der Waals surface area contributed by atoms with E-state index in [1.165, 1.54) is 17.7 Å². The van der Waals surface area contributed by atoms with Crippen molar-refractivity contribution in [2.24, 2.45) is 0 Å². The quantitative estimate of drug-likeness (QED) is 0.870. The highest BCUT2D eigenvalue weighted by atomic mass is 35.5. The van der Waals surface area contributed by atoms with Crippen LogP contribution >= 0.6 is 23.4 Å². The number of halogens is 1. The topological polar surface area (TPSA) is 12.0 Å². The minimum absolute atomic E-state index is 0.293. The van der Waals surface area contributed by atoms with Gasteiger partial charge in [-0.05, 0) is 30.1 Å². The van der Waals surface area contributed by atoms with Gasteiger partial charge in [0.25, 0.3) is 0 Å². The van der Waals surface area contributed by atoms with E-state index >= 15 is 0 Å². The molecule has 0 atom stereocenters. The summed E-state index contributed by atoms with van der Waals surface area (Å²) in [5.41, 5.74) is 1.61. The van der Waals surface area contributed by atoms with Crippen molar-refractivity contribution in [1.82, 2.24) is 5.32 Å². The van der Waals surface area contributed by atoms with Crippen LogP contribution in [0.15, 0.2) is 24.3 Å². The lowest BCUT2D eigenvalue weighted by Gasteiger charge is -2.43. The Morgan fingerprint density at radius 2 is 2.13 bits per heavy atom. The van der Waals surface area contributed by atoms with Gasteiger partial charge < -0.3 is 5.32 Å². The zero-order valence-corrected chi connectivity index (χ0v) is 10.5. The first-order chi connectivity index (χ1) is 7.28. The Hall–Kier alpha value is -0.180. The zero-order chi connectivity index (χ0) is 10.7. The van der Waals surface area contributed by atoms with Crippen LogP contribution < -0.4 is 5.32 Å². The fraction of sp³-hybridized carbons (Fsp3) is 0.500. The maximum absolute atomic E-state index is 6.27. The first kappa shape index (κ1) is 11.3. The first-order valence-corrected chi connectivity index (χ1v) is 7.00. The van der Waals surface area contributed by atoms with Crippen LogP contribution in [0.4, 0.5) is 0 Å². The van der Waals surface area contributed by atoms with E-state index in [0.29, 0.717) is 5.41 Å². The van der Waals surface area contributed by atoms with Gasteiger partial charge in [0.15, 0.2) is 0 Å². The number of rotatable bonds is 4. The Balaban J connectivity index is 2.22. The predicted molar refractivity (Wildman–Crippen MR) is 69.0 cm³/mol. The summed E-state index contributed by atoms with van der Waals surface area (Å²) in [6.07, 6.45) is 3.37. The molecule has 0 radical (unpaired) electrons. The average Bonchev–Trinajstić information content (AvgIpc) is 2.19. The molecule has 82 valence electrons. The number of hydrogen-bond donors (Lipinski definition) is 1. The zero-order valence-electron chi connectivity index (χ0n) is 8.92. The molecule has 1 heterocycles. The van der Waals surface area contributed by atoms with Gasteiger partial charge in [0.2, 0.25) is 0 Å². The Kier molecular flexibility index (Phi) is 3.60. The van der Waals surface area contributed by atoms with E-state index in [1.807, 2.05) is 23.9 Å². The fourth-order valence-corrected chi connectivity index (χ4v) is 3.05. The summed E-state index contributed by atoms with van der Waals surface area (Å²) < 4.78 is 0. The van der Waals surface area contributed by atoms with Gasteiger partial charge in [-0.2, -0.15) is 11.8 Å². The molecule has 0 bridgehead atoms. The highest BCUT2D eigenvalue weighted by Gasteiger charge is 2.39. The minimum Gasteiger partial charge on any atom is -0.315 e. The van der Waals surface area contributed by atoms with Gasteiger partial charge in [0, 0.05) is 23.5 Å². The van der Waals surface area contributed by atoms with Crippen LogP contribution in [-0.4, -0.2) is 25.1 Å². The van der Waals surface area contributed by atoms with Crippen molar-refractivity contribution in [1.29, 1.82) is 0 Å². The van der Waals surface area contributed by atoms with Gasteiger partial charge in [0.1, 0.15) is 0 Å². The van der Waals surface area contributed by atoms with Crippen LogP contribution in [0.2, 0.25) is 5.02 Å². The number of hydrogen-bond acceptors (Lipinski definition) is 2. The third kappa shape index (κ3) is 2.17. The Morgan fingerprint density at radius 3 is 2.67 bits per heavy atom. The lowest BCUT2D eigenvalue weighted by Crippen LogP contribution is -2.57. The second-order valence-electron chi connectivity index (χ2n) is 4.11. The standard InChI is InChI=1S/C12H16ClNS/c1-15-7-6-12(8-14-9-12)10-4-2-3-5-11(10)13/h2-5,14H,6-9H2,1H3. The molecule has 15 heavy (non-hydrogen) atoms. The van der Waals surface area contributed by atoms with Gasteiger partial charge in [0.05, 0.1) is 0 Å². The Labute approximate surface area is 101 Å². The smallest absolute Gasteiger partial charge is 0.0444 e. The molecule has 2 rings (SSSR count). The van der Waals surface area contributed by atoms with Crippen LogP contribution in [0.5, 0.6) is 0 Å². The van der Waals surface area contributed by atoms with Crippen molar-refractivity contribution in [2.45, 2.75) is 11.8 Å². The van der Waals surface area contributed by atoms with Crippen molar-refractivity contribution >= 4 is 23.4 Å². The van der Waals surface area contributed by atoms with E-state index in [0.717, 1.165) is 18.1 Å². The predicted octanol–water partition coefficient (Wildman–Crippen LogP) is 2.93. The maximum Gasteiger partial charge on any atom is 0.0444 e. The summed E-state index contributed by atoms with van der Waals surface area (Å²) in [5.74, 6) is 1.20. The molecule has 3 heteroatoms. The molecule has 1 fully saturated rings. The Morgan fingerprint density at radius 1 is 1.40 bits per heavy atom. The molecule has 1 aromatic rings. The highest BCUT2D eigenvalue weighted by Crippen LogP contribution is 2.37. The van der Waals surface area contributed by atoms with E-state index < -0.39 is 0 Å². The van der Waals surface area contributed by atoms with Gasteiger partial charge in [-0.3, -0.25) is 0 Å². The molecule has 1 aliphatic rings. The lowest BCUT2D eigenvalue weighted by molar-refractivity contribution is 0.270. The van der Waals surface area contributed by atoms with Crippen molar-refractivity contribution in [3.8, 4) is 0 Å². The van der Waals surface area contributed by atoms with E-state index in [9.17, 15) is 0 Å². The van der Waals surface area contributed by atoms with Gasteiger partial charge in [-0.15, -0.1) is 0 Å². The first-order valence-electron chi connectivity index (χ1n) is 5.23. The number of nitrogens with one attached hydrogen (secondary N) is 1. The summed E-state index contributed by atoms with van der Waals surface area (Å²) >= 11 is 8.17. The molecule has 0 amide bonds. The van der Waals surface area contributed by atoms with E-state index in [1.54, 1.807) is 0 Å². The molecule has 0 aliphatic carbocycles. The molecule has 0 saturated carbocycles. The molecule has 1 aliphatic heterocycles. The van der Waals surface area contributed by atoms with Crippen molar-refractivity contribution in [3.63, 3.8) is 0 Å². The molecule has 0 aromatic heterocycles. The summed E-state index contributed by atoms with van der Waals surface area (Å²) in [6.45, 7) is 2.13. The van der Waals surface area contributed by atoms with Crippen LogP contribution in [0.3, 0.4) is 0 Å². The van der Waals surface area contributed by atoms with Crippen LogP contribution in [0.1, 0.15) is 12.0 Å². The molecular weight excluding hydrogens is 226 g/mol. The van der Waals surface area contributed by atoms with Crippen LogP contribution in [-0.2, 0) is 5.41 Å². The average molecular weight is 242 g/mol. The molecular formula is C12H16ClNS. The van der Waals surface area contributed by atoms with Gasteiger partial charge >= 0.3 is 0 Å². The second kappa shape index (κ2) is 4.77. The molecule has 0 spiro atoms. The molecule has 0 unspecified atom stereocenters. The summed E-state index contributed by atoms with van der Waals surface area (Å²) in [4.78, 5) is 0. The lowest BCUT2D eigenvalue weighted by atomic mass is 9.73. The van der Waals surface area contributed by atoms with Crippen LogP contribution in [0, 0.1) is 0 Å². The number of benzene rings is 1. The van der Waals surface area contributed by atoms with E-state index in [-0.39, 0.29) is 0 Å². The van der Waals surface area contributed by atoms with Crippen molar-refractivity contribution in [3.05, 3.63) is 34.9 Å². The number of thioether (sulfide) groups is 1. The third-order valence-corrected chi connectivity index (χ3v) is 4.10. The maximum atomic E-state index is 6.27. The largest absolute Gasteiger partial charge is 0.315 e. The molecule has 1 N–H and O–H groups in total. The molecule has 1 aromatic carbocycles. The summed E-state index contributed by atoms with van der Waals surface area (Å²) in [7, 11) is 0. The van der Waals surface area contributed by atoms with Gasteiger partial charge in [-0.25, -0.2) is 0 Å². The normalized spacial score (nSPS) is 18.5. The van der Waals surface area contributed by atoms with E-state index in [4.69, 9.17) is 11.6 Å². The second-order valence-corrected chi connectivity index (χ2v) is 5.50. The van der Waals surface area contributed by atoms with Crippen LogP contribution in [0.25, 0.3) is 0 Å². The van der Waals surface area contributed by atoms with E-state index in [2.05, 4.69) is 23.7 Å². The summed E-state index contributed by atoms with van der Waals surface area (Å²) in [6, 6.07) is 8.25. The SMILES string of the molecule is CSCCC1(c2ccccc2Cl)CNC1. The third-order valence-electron chi connectivity index (χ3n) is 3.16. The highest BCUT2D eigenvalue weighted by molar-refractivity contribution is 7.98. The minimum atomic E-state index is 0.293. The van der Waals surface area contributed by atoms with Gasteiger partial charge in [-0.1, -0.05) is 29.8 Å². The monoisotopic (exact) mass is 241 g/mol.